The predicted molar refractivity (Wildman–Crippen MR) is 213 cm³/mol. The molecule has 0 aromatic rings. The number of allylic oxidation sites excluding steroid dienone is 1. The highest BCUT2D eigenvalue weighted by molar-refractivity contribution is 5.25. The van der Waals surface area contributed by atoms with Crippen LogP contribution in [-0.4, -0.2) is 186 Å². The van der Waals surface area contributed by atoms with Gasteiger partial charge < -0.3 is 89.3 Å². The topological polar surface area (TPSA) is 287 Å². The van der Waals surface area contributed by atoms with Crippen LogP contribution in [0.4, 0.5) is 0 Å². The van der Waals surface area contributed by atoms with E-state index in [9.17, 15) is 56.2 Å². The van der Waals surface area contributed by atoms with Crippen molar-refractivity contribution in [2.45, 2.75) is 196 Å². The molecule has 8 aliphatic rings. The summed E-state index contributed by atoms with van der Waals surface area (Å²) in [7, 11) is 0. The molecule has 18 heteroatoms. The van der Waals surface area contributed by atoms with Gasteiger partial charge in [0.2, 0.25) is 0 Å². The van der Waals surface area contributed by atoms with E-state index in [4.69, 9.17) is 33.2 Å². The van der Waals surface area contributed by atoms with Crippen LogP contribution < -0.4 is 0 Å². The van der Waals surface area contributed by atoms with E-state index in [1.807, 2.05) is 6.92 Å². The normalized spacial score (nSPS) is 54.5. The molecule has 4 aliphatic heterocycles. The molecule has 7 fully saturated rings. The molecule has 356 valence electrons. The zero-order valence-corrected chi connectivity index (χ0v) is 36.2. The monoisotopic (exact) mass is 888 g/mol. The van der Waals surface area contributed by atoms with Crippen molar-refractivity contribution in [2.75, 3.05) is 19.8 Å². The Bertz CT molecular complexity index is 1550. The standard InChI is InChI=1S/C44H72O18/c1-18(17-56-40-37(53)35(51)32(48)28(15-45)59-40)9-12-44(55)19(2)30-24-7-8-26-23(25(24)14-27(30)62-44)6-5-21-13-22(10-11-43(21,26)4)58-42-39(36(52)33(49)29(16-46)60-42)61-41-38(54)34(50)31(47)20(3)57-41/h5,18-20,22-42,45-55H,6-17H2,1-4H3/t18-,19-,20-,22-,23-,24+,25+,26-,27-,28+,29+,30+,31-,32+,33+,34+,35-,36-,37+,38+,39+,40+,41-,42+,43-,44+/m0/s1. The maximum Gasteiger partial charge on any atom is 0.187 e. The van der Waals surface area contributed by atoms with Gasteiger partial charge in [-0.2, -0.15) is 0 Å². The highest BCUT2D eigenvalue weighted by atomic mass is 16.8. The highest BCUT2D eigenvalue weighted by Gasteiger charge is 2.63. The summed E-state index contributed by atoms with van der Waals surface area (Å²) in [5, 5.41) is 115. The smallest absolute Gasteiger partial charge is 0.187 e. The maximum atomic E-state index is 11.9. The largest absolute Gasteiger partial charge is 0.394 e. The Hall–Kier alpha value is -0.980. The van der Waals surface area contributed by atoms with E-state index in [2.05, 4.69) is 19.9 Å². The molecule has 0 aromatic carbocycles. The average Bonchev–Trinajstić information content (AvgIpc) is 3.74. The van der Waals surface area contributed by atoms with Gasteiger partial charge in [0.05, 0.1) is 38.1 Å². The lowest BCUT2D eigenvalue weighted by molar-refractivity contribution is -0.369. The van der Waals surface area contributed by atoms with Gasteiger partial charge in [-0.1, -0.05) is 32.4 Å². The second kappa shape index (κ2) is 18.6. The zero-order valence-electron chi connectivity index (χ0n) is 36.2. The molecule has 0 radical (unpaired) electrons. The van der Waals surface area contributed by atoms with Crippen LogP contribution >= 0.6 is 0 Å². The minimum atomic E-state index is -1.65. The minimum Gasteiger partial charge on any atom is -0.394 e. The quantitative estimate of drug-likeness (QED) is 0.102. The van der Waals surface area contributed by atoms with E-state index in [0.717, 1.165) is 32.1 Å². The van der Waals surface area contributed by atoms with Crippen LogP contribution in [-0.2, 0) is 33.2 Å². The molecule has 8 rings (SSSR count). The third-order valence-electron chi connectivity index (χ3n) is 16.8. The molecule has 4 aliphatic carbocycles. The van der Waals surface area contributed by atoms with Crippen LogP contribution in [0.15, 0.2) is 11.6 Å². The van der Waals surface area contributed by atoms with E-state index < -0.39 is 111 Å². The average molecular weight is 889 g/mol. The number of rotatable bonds is 12. The van der Waals surface area contributed by atoms with Crippen molar-refractivity contribution < 1.29 is 89.3 Å². The highest BCUT2D eigenvalue weighted by Crippen LogP contribution is 2.65. The molecule has 3 saturated carbocycles. The summed E-state index contributed by atoms with van der Waals surface area (Å²) in [4.78, 5) is 0. The molecule has 0 bridgehead atoms. The van der Waals surface area contributed by atoms with Crippen molar-refractivity contribution in [3.05, 3.63) is 11.6 Å². The number of aliphatic hydroxyl groups excluding tert-OH is 10. The Morgan fingerprint density at radius 1 is 0.742 bits per heavy atom. The fourth-order valence-corrected chi connectivity index (χ4v) is 13.0. The Morgan fingerprint density at radius 3 is 2.11 bits per heavy atom. The van der Waals surface area contributed by atoms with Gasteiger partial charge in [0.25, 0.3) is 0 Å². The molecular formula is C44H72O18. The zero-order chi connectivity index (χ0) is 44.6. The van der Waals surface area contributed by atoms with Crippen molar-refractivity contribution >= 4 is 0 Å². The first-order valence-corrected chi connectivity index (χ1v) is 23.1. The van der Waals surface area contributed by atoms with Gasteiger partial charge in [-0.3, -0.25) is 0 Å². The van der Waals surface area contributed by atoms with Crippen molar-refractivity contribution in [1.29, 1.82) is 0 Å². The molecule has 0 aromatic heterocycles. The van der Waals surface area contributed by atoms with Crippen LogP contribution in [0.5, 0.6) is 0 Å². The van der Waals surface area contributed by atoms with Crippen molar-refractivity contribution in [3.8, 4) is 0 Å². The summed E-state index contributed by atoms with van der Waals surface area (Å²) in [6.07, 6.45) is -11.3. The molecular weight excluding hydrogens is 816 g/mol. The molecule has 11 N–H and O–H groups in total. The van der Waals surface area contributed by atoms with Gasteiger partial charge in [-0.15, -0.1) is 0 Å². The minimum absolute atomic E-state index is 0.0364. The van der Waals surface area contributed by atoms with Gasteiger partial charge in [-0.25, -0.2) is 0 Å². The van der Waals surface area contributed by atoms with Crippen LogP contribution in [0.1, 0.15) is 85.5 Å². The molecule has 4 heterocycles. The second-order valence-corrected chi connectivity index (χ2v) is 20.3. The Balaban J connectivity index is 0.868. The van der Waals surface area contributed by atoms with E-state index in [-0.39, 0.29) is 42.0 Å². The summed E-state index contributed by atoms with van der Waals surface area (Å²) in [5.41, 5.74) is 1.27. The van der Waals surface area contributed by atoms with E-state index in [1.54, 1.807) is 0 Å². The number of ether oxygens (including phenoxy) is 7. The van der Waals surface area contributed by atoms with Crippen LogP contribution in [0.3, 0.4) is 0 Å². The first kappa shape index (κ1) is 47.5. The maximum absolute atomic E-state index is 11.9. The first-order chi connectivity index (χ1) is 29.4. The van der Waals surface area contributed by atoms with Crippen molar-refractivity contribution in [2.24, 2.45) is 46.8 Å². The summed E-state index contributed by atoms with van der Waals surface area (Å²) in [6, 6.07) is 0. The fraction of sp³-hybridized carbons (Fsp3) is 0.955. The van der Waals surface area contributed by atoms with E-state index >= 15 is 0 Å². The van der Waals surface area contributed by atoms with Gasteiger partial charge in [-0.05, 0) is 99.2 Å². The third kappa shape index (κ3) is 8.49. The van der Waals surface area contributed by atoms with E-state index in [0.29, 0.717) is 49.4 Å². The summed E-state index contributed by atoms with van der Waals surface area (Å²) in [6.45, 7) is 7.03. The molecule has 0 unspecified atom stereocenters. The van der Waals surface area contributed by atoms with Gasteiger partial charge in [0, 0.05) is 12.3 Å². The third-order valence-corrected chi connectivity index (χ3v) is 16.8. The Morgan fingerprint density at radius 2 is 1.40 bits per heavy atom. The predicted octanol–water partition coefficient (Wildman–Crippen LogP) is -1.22. The van der Waals surface area contributed by atoms with Crippen LogP contribution in [0.2, 0.25) is 0 Å². The number of aliphatic hydroxyl groups is 11. The molecule has 62 heavy (non-hydrogen) atoms. The SMILES string of the molecule is C[C@@H](CC[C@@]1(O)O[C@H]2C[C@H]3[C@@H](CC[C@H]4[C@H]3CC=C3C[C@@H](O[C@@H]5O[C@H](CO)[C@@H](O)[C@H](O)[C@H]5O[C@@H]5O[C@@H](C)[C@H](O)[C@@H](O)[C@H]5O)CC[C@@]34C)[C@H]2[C@@H]1C)CO[C@@H]1O[C@H](CO)[C@@H](O)[C@H](O)[C@H]1O. The van der Waals surface area contributed by atoms with Gasteiger partial charge >= 0.3 is 0 Å². The number of hydrogen-bond acceptors (Lipinski definition) is 18. The molecule has 0 spiro atoms. The molecule has 26 atom stereocenters. The summed E-state index contributed by atoms with van der Waals surface area (Å²) >= 11 is 0. The van der Waals surface area contributed by atoms with Gasteiger partial charge in [0.1, 0.15) is 67.1 Å². The Labute approximate surface area is 362 Å². The van der Waals surface area contributed by atoms with Crippen molar-refractivity contribution in [1.82, 2.24) is 0 Å². The molecule has 18 nitrogen and oxygen atoms in total. The molecule has 4 saturated heterocycles. The summed E-state index contributed by atoms with van der Waals surface area (Å²) in [5.74, 6) is 0.718. The van der Waals surface area contributed by atoms with Gasteiger partial charge in [0.15, 0.2) is 24.7 Å². The fourth-order valence-electron chi connectivity index (χ4n) is 13.0. The Kier molecular flexibility index (Phi) is 14.3. The number of hydrogen-bond donors (Lipinski definition) is 11. The lowest BCUT2D eigenvalue weighted by Gasteiger charge is -2.56. The molecule has 0 amide bonds. The summed E-state index contributed by atoms with van der Waals surface area (Å²) < 4.78 is 41.9. The van der Waals surface area contributed by atoms with Crippen LogP contribution in [0, 0.1) is 46.8 Å². The lowest BCUT2D eigenvalue weighted by atomic mass is 9.50. The number of fused-ring (bicyclic) bond motifs is 7. The van der Waals surface area contributed by atoms with Crippen LogP contribution in [0.25, 0.3) is 0 Å². The van der Waals surface area contributed by atoms with E-state index in [1.165, 1.54) is 12.5 Å². The first-order valence-electron chi connectivity index (χ1n) is 23.1. The lowest BCUT2D eigenvalue weighted by Crippen LogP contribution is -2.64. The second-order valence-electron chi connectivity index (χ2n) is 20.3. The van der Waals surface area contributed by atoms with Crippen molar-refractivity contribution in [3.63, 3.8) is 0 Å².